The Kier molecular flexibility index (Phi) is 4.26. The third-order valence-corrected chi connectivity index (χ3v) is 5.30. The highest BCUT2D eigenvalue weighted by Gasteiger charge is 2.39. The van der Waals surface area contributed by atoms with Crippen molar-refractivity contribution in [3.63, 3.8) is 0 Å². The molecule has 2 aliphatic rings. The van der Waals surface area contributed by atoms with Crippen LogP contribution in [-0.4, -0.2) is 34.1 Å². The molecule has 1 amide bonds. The Morgan fingerprint density at radius 1 is 1.27 bits per heavy atom. The van der Waals surface area contributed by atoms with Crippen molar-refractivity contribution in [2.75, 3.05) is 6.54 Å². The summed E-state index contributed by atoms with van der Waals surface area (Å²) in [5, 5.41) is 10.3. The third-order valence-electron chi connectivity index (χ3n) is 5.30. The van der Waals surface area contributed by atoms with Gasteiger partial charge in [0, 0.05) is 13.0 Å². The highest BCUT2D eigenvalue weighted by atomic mass is 16.3. The Hall–Kier alpha value is -1.35. The summed E-state index contributed by atoms with van der Waals surface area (Å²) in [7, 11) is 0. The van der Waals surface area contributed by atoms with Crippen LogP contribution in [-0.2, 0) is 11.2 Å². The zero-order chi connectivity index (χ0) is 15.7. The normalized spacial score (nSPS) is 25.1. The summed E-state index contributed by atoms with van der Waals surface area (Å²) in [6, 6.07) is 8.52. The number of amides is 1. The summed E-state index contributed by atoms with van der Waals surface area (Å²) in [6.07, 6.45) is 5.91. The summed E-state index contributed by atoms with van der Waals surface area (Å²) in [6.45, 7) is 4.43. The topological polar surface area (TPSA) is 40.5 Å². The first-order chi connectivity index (χ1) is 10.5. The van der Waals surface area contributed by atoms with Gasteiger partial charge in [-0.1, -0.05) is 24.3 Å². The van der Waals surface area contributed by atoms with Crippen LogP contribution in [0.4, 0.5) is 0 Å². The highest BCUT2D eigenvalue weighted by Crippen LogP contribution is 2.35. The molecule has 1 fully saturated rings. The Balaban J connectivity index is 1.73. The number of fused-ring (bicyclic) bond motifs is 1. The zero-order valence-electron chi connectivity index (χ0n) is 13.7. The standard InChI is InChI=1S/C19H27NO2/c1-19(2,22)17-11-6-12-20(17)18(21)13-15-9-5-8-14-7-3-4-10-16(14)15/h3-4,7,10,15,17,22H,5-6,8-9,11-13H2,1-2H3. The van der Waals surface area contributed by atoms with E-state index in [4.69, 9.17) is 0 Å². The minimum atomic E-state index is -0.809. The first-order valence-corrected chi connectivity index (χ1v) is 8.56. The van der Waals surface area contributed by atoms with E-state index in [9.17, 15) is 9.90 Å². The number of benzene rings is 1. The van der Waals surface area contributed by atoms with Gasteiger partial charge in [0.15, 0.2) is 0 Å². The van der Waals surface area contributed by atoms with Crippen molar-refractivity contribution in [2.24, 2.45) is 0 Å². The Bertz CT molecular complexity index is 547. The van der Waals surface area contributed by atoms with Crippen molar-refractivity contribution in [1.82, 2.24) is 4.90 Å². The average molecular weight is 301 g/mol. The van der Waals surface area contributed by atoms with Gasteiger partial charge in [-0.15, -0.1) is 0 Å². The zero-order valence-corrected chi connectivity index (χ0v) is 13.7. The van der Waals surface area contributed by atoms with Gasteiger partial charge in [0.05, 0.1) is 11.6 Å². The molecule has 1 N–H and O–H groups in total. The molecule has 1 heterocycles. The van der Waals surface area contributed by atoms with Gasteiger partial charge in [0.1, 0.15) is 0 Å². The molecular formula is C19H27NO2. The van der Waals surface area contributed by atoms with Crippen molar-refractivity contribution in [1.29, 1.82) is 0 Å². The second-order valence-electron chi connectivity index (χ2n) is 7.39. The number of likely N-dealkylation sites (tertiary alicyclic amines) is 1. The summed E-state index contributed by atoms with van der Waals surface area (Å²) in [5.41, 5.74) is 1.96. The molecule has 3 rings (SSSR count). The quantitative estimate of drug-likeness (QED) is 0.931. The summed E-state index contributed by atoms with van der Waals surface area (Å²) in [5.74, 6) is 0.562. The minimum Gasteiger partial charge on any atom is -0.388 e. The molecule has 1 aromatic rings. The fraction of sp³-hybridized carbons (Fsp3) is 0.632. The van der Waals surface area contributed by atoms with E-state index >= 15 is 0 Å². The summed E-state index contributed by atoms with van der Waals surface area (Å²) >= 11 is 0. The second-order valence-corrected chi connectivity index (χ2v) is 7.39. The van der Waals surface area contributed by atoms with Crippen LogP contribution >= 0.6 is 0 Å². The van der Waals surface area contributed by atoms with Crippen LogP contribution in [0.1, 0.15) is 63.0 Å². The number of carbonyl (C=O) groups is 1. The Morgan fingerprint density at radius 3 is 2.82 bits per heavy atom. The fourth-order valence-electron chi connectivity index (χ4n) is 4.19. The van der Waals surface area contributed by atoms with Crippen LogP contribution in [0.15, 0.2) is 24.3 Å². The molecule has 0 radical (unpaired) electrons. The van der Waals surface area contributed by atoms with E-state index in [1.54, 1.807) is 0 Å². The van der Waals surface area contributed by atoms with Gasteiger partial charge in [0.25, 0.3) is 0 Å². The van der Waals surface area contributed by atoms with Crippen molar-refractivity contribution >= 4 is 5.91 Å². The molecule has 1 saturated heterocycles. The lowest BCUT2D eigenvalue weighted by molar-refractivity contribution is -0.137. The van der Waals surface area contributed by atoms with E-state index in [2.05, 4.69) is 24.3 Å². The largest absolute Gasteiger partial charge is 0.388 e. The third kappa shape index (κ3) is 3.05. The van der Waals surface area contributed by atoms with E-state index in [0.717, 1.165) is 32.2 Å². The maximum atomic E-state index is 12.8. The van der Waals surface area contributed by atoms with Crippen LogP contribution in [0.25, 0.3) is 0 Å². The van der Waals surface area contributed by atoms with Crippen molar-refractivity contribution in [3.05, 3.63) is 35.4 Å². The number of carbonyl (C=O) groups excluding carboxylic acids is 1. The molecular weight excluding hydrogens is 274 g/mol. The first-order valence-electron chi connectivity index (χ1n) is 8.56. The van der Waals surface area contributed by atoms with E-state index < -0.39 is 5.60 Å². The number of nitrogens with zero attached hydrogens (tertiary/aromatic N) is 1. The molecule has 120 valence electrons. The van der Waals surface area contributed by atoms with Gasteiger partial charge < -0.3 is 10.0 Å². The van der Waals surface area contributed by atoms with E-state index in [-0.39, 0.29) is 11.9 Å². The number of hydrogen-bond acceptors (Lipinski definition) is 2. The first kappa shape index (κ1) is 15.5. The molecule has 22 heavy (non-hydrogen) atoms. The van der Waals surface area contributed by atoms with Gasteiger partial charge in [-0.2, -0.15) is 0 Å². The molecule has 2 unspecified atom stereocenters. The monoisotopic (exact) mass is 301 g/mol. The van der Waals surface area contributed by atoms with E-state index in [0.29, 0.717) is 12.3 Å². The number of hydrogen-bond donors (Lipinski definition) is 1. The molecule has 0 bridgehead atoms. The lowest BCUT2D eigenvalue weighted by atomic mass is 9.81. The highest BCUT2D eigenvalue weighted by molar-refractivity contribution is 5.78. The molecule has 3 heteroatoms. The number of aryl methyl sites for hydroxylation is 1. The summed E-state index contributed by atoms with van der Waals surface area (Å²) in [4.78, 5) is 14.7. The minimum absolute atomic E-state index is 0.0289. The van der Waals surface area contributed by atoms with Crippen LogP contribution in [0.3, 0.4) is 0 Å². The molecule has 1 aliphatic heterocycles. The molecule has 2 atom stereocenters. The van der Waals surface area contributed by atoms with Crippen molar-refractivity contribution in [3.8, 4) is 0 Å². The molecule has 0 spiro atoms. The number of rotatable bonds is 3. The van der Waals surface area contributed by atoms with Gasteiger partial charge >= 0.3 is 0 Å². The molecule has 0 aromatic heterocycles. The van der Waals surface area contributed by atoms with Crippen molar-refractivity contribution < 1.29 is 9.90 Å². The maximum absolute atomic E-state index is 12.8. The van der Waals surface area contributed by atoms with E-state index in [1.165, 1.54) is 17.5 Å². The lowest BCUT2D eigenvalue weighted by Crippen LogP contribution is -2.48. The Morgan fingerprint density at radius 2 is 2.05 bits per heavy atom. The maximum Gasteiger partial charge on any atom is 0.223 e. The van der Waals surface area contributed by atoms with Crippen LogP contribution in [0.2, 0.25) is 0 Å². The lowest BCUT2D eigenvalue weighted by Gasteiger charge is -2.35. The molecule has 1 aromatic carbocycles. The van der Waals surface area contributed by atoms with Gasteiger partial charge in [-0.05, 0) is 63.0 Å². The predicted molar refractivity (Wildman–Crippen MR) is 87.8 cm³/mol. The smallest absolute Gasteiger partial charge is 0.223 e. The molecule has 1 aliphatic carbocycles. The van der Waals surface area contributed by atoms with Crippen molar-refractivity contribution in [2.45, 2.75) is 69.9 Å². The average Bonchev–Trinajstić information content (AvgIpc) is 2.97. The van der Waals surface area contributed by atoms with Gasteiger partial charge in [-0.3, -0.25) is 4.79 Å². The van der Waals surface area contributed by atoms with Gasteiger partial charge in [-0.25, -0.2) is 0 Å². The predicted octanol–water partition coefficient (Wildman–Crippen LogP) is 3.26. The summed E-state index contributed by atoms with van der Waals surface area (Å²) < 4.78 is 0. The van der Waals surface area contributed by atoms with E-state index in [1.807, 2.05) is 18.7 Å². The van der Waals surface area contributed by atoms with Crippen LogP contribution in [0.5, 0.6) is 0 Å². The number of aliphatic hydroxyl groups is 1. The SMILES string of the molecule is CC(C)(O)C1CCCN1C(=O)CC1CCCc2ccccc21. The van der Waals surface area contributed by atoms with Crippen LogP contribution < -0.4 is 0 Å². The second kappa shape index (κ2) is 6.04. The Labute approximate surface area is 133 Å². The van der Waals surface area contributed by atoms with Gasteiger partial charge in [0.2, 0.25) is 5.91 Å². The molecule has 0 saturated carbocycles. The molecule has 3 nitrogen and oxygen atoms in total. The fourth-order valence-corrected chi connectivity index (χ4v) is 4.19. The van der Waals surface area contributed by atoms with Crippen LogP contribution in [0, 0.1) is 0 Å².